The number of allylic oxidation sites excluding steroid dienone is 2. The molecular formula is C20H29N7O4S. The number of hydrogen-bond donors (Lipinski definition) is 5. The van der Waals surface area contributed by atoms with Crippen molar-refractivity contribution in [1.29, 1.82) is 10.7 Å². The molecule has 0 aromatic rings. The number of alkyl carbamates (subject to hydrolysis) is 1. The maximum Gasteiger partial charge on any atom is 0.407 e. The number of aliphatic hydroxyl groups excluding tert-OH is 1. The van der Waals surface area contributed by atoms with Gasteiger partial charge in [0.15, 0.2) is 5.40 Å². The molecule has 32 heavy (non-hydrogen) atoms. The Kier molecular flexibility index (Phi) is 7.00. The second kappa shape index (κ2) is 9.91. The highest BCUT2D eigenvalue weighted by Gasteiger charge is 2.41. The summed E-state index contributed by atoms with van der Waals surface area (Å²) in [7, 11) is -2.36. The van der Waals surface area contributed by atoms with E-state index in [0.717, 1.165) is 37.4 Å². The zero-order valence-corrected chi connectivity index (χ0v) is 18.6. The van der Waals surface area contributed by atoms with Crippen molar-refractivity contribution < 1.29 is 19.4 Å². The number of nitriles is 1. The minimum absolute atomic E-state index is 0.143. The second-order valence-electron chi connectivity index (χ2n) is 8.10. The molecule has 2 bridgehead atoms. The third-order valence-electron chi connectivity index (χ3n) is 5.91. The van der Waals surface area contributed by atoms with Crippen LogP contribution in [0.15, 0.2) is 27.2 Å². The number of nitrogens with one attached hydrogen (secondary N) is 4. The van der Waals surface area contributed by atoms with Crippen LogP contribution in [0.25, 0.3) is 0 Å². The van der Waals surface area contributed by atoms with Crippen LogP contribution < -0.4 is 15.4 Å². The summed E-state index contributed by atoms with van der Waals surface area (Å²) in [4.78, 5) is 15.0. The van der Waals surface area contributed by atoms with E-state index in [9.17, 15) is 15.2 Å². The molecule has 0 radical (unpaired) electrons. The van der Waals surface area contributed by atoms with Gasteiger partial charge >= 0.3 is 6.09 Å². The minimum Gasteiger partial charge on any atom is -0.447 e. The van der Waals surface area contributed by atoms with Gasteiger partial charge in [0.2, 0.25) is 0 Å². The number of nitrogens with zero attached hydrogens (tertiary/aromatic N) is 3. The Balaban J connectivity index is 1.23. The fraction of sp³-hybridized carbons (Fsp3) is 0.600. The third kappa shape index (κ3) is 5.07. The summed E-state index contributed by atoms with van der Waals surface area (Å²) in [6.45, 7) is 3.04. The number of hydrogen-bond acceptors (Lipinski definition) is 9. The van der Waals surface area contributed by atoms with E-state index in [1.807, 2.05) is 6.08 Å². The molecule has 4 aliphatic heterocycles. The molecule has 4 heterocycles. The van der Waals surface area contributed by atoms with E-state index >= 15 is 0 Å². The molecule has 0 aliphatic carbocycles. The van der Waals surface area contributed by atoms with Crippen LogP contribution in [0.5, 0.6) is 0 Å². The van der Waals surface area contributed by atoms with Gasteiger partial charge in [0, 0.05) is 41.5 Å². The molecule has 1 unspecified atom stereocenters. The number of amides is 1. The van der Waals surface area contributed by atoms with E-state index in [4.69, 9.17) is 14.9 Å². The van der Waals surface area contributed by atoms with E-state index in [2.05, 4.69) is 30.1 Å². The van der Waals surface area contributed by atoms with Gasteiger partial charge in [0.25, 0.3) is 0 Å². The highest BCUT2D eigenvalue weighted by molar-refractivity contribution is 8.38. The Morgan fingerprint density at radius 3 is 3.00 bits per heavy atom. The molecule has 174 valence electrons. The van der Waals surface area contributed by atoms with E-state index in [0.29, 0.717) is 25.1 Å². The highest BCUT2D eigenvalue weighted by atomic mass is 32.3. The molecule has 12 heteroatoms. The first-order valence-corrected chi connectivity index (χ1v) is 12.4. The van der Waals surface area contributed by atoms with Crippen LogP contribution in [0, 0.1) is 16.1 Å². The molecule has 4 aliphatic rings. The monoisotopic (exact) mass is 463 g/mol. The number of carbonyl (C=O) groups excluding carboxylic acids is 1. The Bertz CT molecular complexity index is 878. The molecule has 0 saturated carbocycles. The number of rotatable bonds is 6. The summed E-state index contributed by atoms with van der Waals surface area (Å²) >= 11 is 0. The Labute approximate surface area is 188 Å². The fourth-order valence-electron chi connectivity index (χ4n) is 4.10. The largest absolute Gasteiger partial charge is 0.447 e. The normalized spacial score (nSPS) is 32.3. The number of carbonyl (C=O) groups is 1. The maximum atomic E-state index is 12.0. The lowest BCUT2D eigenvalue weighted by molar-refractivity contribution is 0.0197. The number of thiocyanates is 1. The Hall–Kier alpha value is -2.59. The van der Waals surface area contributed by atoms with Crippen molar-refractivity contribution in [3.05, 3.63) is 22.8 Å². The molecule has 3 atom stereocenters. The lowest BCUT2D eigenvalue weighted by Crippen LogP contribution is -2.41. The van der Waals surface area contributed by atoms with Crippen LogP contribution >= 0.6 is 10.4 Å². The highest BCUT2D eigenvalue weighted by Crippen LogP contribution is 2.58. The Morgan fingerprint density at radius 2 is 2.22 bits per heavy atom. The topological polar surface area (TPSA) is 155 Å². The molecule has 2 saturated heterocycles. The van der Waals surface area contributed by atoms with E-state index < -0.39 is 16.5 Å². The molecule has 1 amide bonds. The van der Waals surface area contributed by atoms with Gasteiger partial charge in [-0.3, -0.25) is 5.41 Å². The van der Waals surface area contributed by atoms with Crippen molar-refractivity contribution in [3.8, 4) is 5.40 Å². The van der Waals surface area contributed by atoms with Gasteiger partial charge in [-0.25, -0.2) is 4.79 Å². The van der Waals surface area contributed by atoms with Crippen molar-refractivity contribution in [3.63, 3.8) is 0 Å². The molecule has 0 aromatic heterocycles. The molecular weight excluding hydrogens is 434 g/mol. The summed E-state index contributed by atoms with van der Waals surface area (Å²) < 4.78 is 18.9. The summed E-state index contributed by atoms with van der Waals surface area (Å²) in [5.41, 5.74) is 0.526. The van der Waals surface area contributed by atoms with E-state index in [1.165, 1.54) is 6.34 Å². The molecule has 2 fully saturated rings. The molecule has 0 aromatic carbocycles. The standard InChI is InChI=1S/C20H29N7O4S/c21-12-32-18(4-2-16(26-32)19(22)24-13-25-32)17-3-1-15(31-17)11-30-20(29)23-7-10-27-8-5-14(28)6-9-27/h2,4,13-15,17,26,28H,1,3,5-11H2,(H,23,29)(H2,22,24,25)/t15-,17+/m0/s1. The van der Waals surface area contributed by atoms with E-state index in [1.54, 1.807) is 6.08 Å². The second-order valence-corrected chi connectivity index (χ2v) is 10.3. The third-order valence-corrected chi connectivity index (χ3v) is 8.20. The van der Waals surface area contributed by atoms with Crippen LogP contribution in [-0.2, 0) is 9.47 Å². The molecule has 5 N–H and O–H groups in total. The molecule has 4 rings (SSSR count). The predicted octanol–water partition coefficient (Wildman–Crippen LogP) is 0.812. The SMILES string of the molecule is N#CS12N=CNC(=N)C(=CC=C1[C@H]1CC[C@@H](COC(=O)NCCN3CCC(O)CC3)O1)N2. The number of amidine groups is 1. The number of likely N-dealkylation sites (tertiary alicyclic amines) is 1. The lowest BCUT2D eigenvalue weighted by atomic mass is 10.1. The molecule has 11 nitrogen and oxygen atoms in total. The van der Waals surface area contributed by atoms with Crippen molar-refractivity contribution in [2.45, 2.75) is 44.0 Å². The van der Waals surface area contributed by atoms with Crippen LogP contribution in [-0.4, -0.2) is 79.4 Å². The van der Waals surface area contributed by atoms with Gasteiger partial charge in [-0.1, -0.05) is 0 Å². The van der Waals surface area contributed by atoms with Crippen molar-refractivity contribution in [2.24, 2.45) is 4.40 Å². The summed E-state index contributed by atoms with van der Waals surface area (Å²) in [5, 5.41) is 35.1. The van der Waals surface area contributed by atoms with Crippen molar-refractivity contribution in [2.75, 3.05) is 32.8 Å². The van der Waals surface area contributed by atoms with Crippen LogP contribution in [0.4, 0.5) is 4.79 Å². The van der Waals surface area contributed by atoms with Gasteiger partial charge in [-0.15, -0.1) is 0 Å². The summed E-state index contributed by atoms with van der Waals surface area (Å²) in [6.07, 6.45) is 6.69. The number of piperidine rings is 1. The van der Waals surface area contributed by atoms with Crippen LogP contribution in [0.3, 0.4) is 0 Å². The zero-order chi connectivity index (χ0) is 22.6. The summed E-state index contributed by atoms with van der Waals surface area (Å²) in [6, 6.07) is 0. The van der Waals surface area contributed by atoms with Gasteiger partial charge in [0.05, 0.1) is 24.0 Å². The number of aliphatic hydroxyl groups is 1. The minimum atomic E-state index is -2.36. The van der Waals surface area contributed by atoms with Crippen LogP contribution in [0.2, 0.25) is 0 Å². The quantitative estimate of drug-likeness (QED) is 0.363. The average Bonchev–Trinajstić information content (AvgIpc) is 3.22. The first-order chi connectivity index (χ1) is 15.5. The van der Waals surface area contributed by atoms with Gasteiger partial charge < -0.3 is 34.8 Å². The van der Waals surface area contributed by atoms with Crippen molar-refractivity contribution >= 4 is 28.7 Å². The predicted molar refractivity (Wildman–Crippen MR) is 121 cm³/mol. The number of ether oxygens (including phenoxy) is 2. The maximum absolute atomic E-state index is 12.0. The fourth-order valence-corrected chi connectivity index (χ4v) is 6.11. The average molecular weight is 464 g/mol. The first-order valence-electron chi connectivity index (χ1n) is 10.8. The first kappa shape index (κ1) is 22.6. The van der Waals surface area contributed by atoms with Gasteiger partial charge in [-0.2, -0.15) is 9.66 Å². The lowest BCUT2D eigenvalue weighted by Gasteiger charge is -2.36. The molecule has 0 spiro atoms. The zero-order valence-electron chi connectivity index (χ0n) is 17.7. The van der Waals surface area contributed by atoms with Crippen LogP contribution in [0.1, 0.15) is 25.7 Å². The Morgan fingerprint density at radius 1 is 1.41 bits per heavy atom. The smallest absolute Gasteiger partial charge is 0.407 e. The van der Waals surface area contributed by atoms with Crippen molar-refractivity contribution in [1.82, 2.24) is 20.3 Å². The van der Waals surface area contributed by atoms with Gasteiger partial charge in [-0.05, 0) is 37.8 Å². The summed E-state index contributed by atoms with van der Waals surface area (Å²) in [5.74, 6) is 0.163. The number of fused-ring (bicyclic) bond motifs is 2. The van der Waals surface area contributed by atoms with E-state index in [-0.39, 0.29) is 30.8 Å². The van der Waals surface area contributed by atoms with Gasteiger partial charge in [0.1, 0.15) is 18.8 Å².